The van der Waals surface area contributed by atoms with Crippen molar-refractivity contribution in [3.8, 4) is 0 Å². The van der Waals surface area contributed by atoms with Crippen LogP contribution in [0.25, 0.3) is 0 Å². The van der Waals surface area contributed by atoms with Crippen molar-refractivity contribution in [2.45, 2.75) is 57.5 Å². The number of sulfonamides is 1. The normalized spacial score (nSPS) is 12.5. The molecule has 0 bridgehead atoms. The highest BCUT2D eigenvalue weighted by atomic mass is 35.5. The molecule has 0 radical (unpaired) electrons. The number of aryl methyl sites for hydroxylation is 1. The summed E-state index contributed by atoms with van der Waals surface area (Å²) >= 11 is 6.00. The van der Waals surface area contributed by atoms with Gasteiger partial charge < -0.3 is 10.2 Å². The van der Waals surface area contributed by atoms with Crippen LogP contribution in [0.5, 0.6) is 0 Å². The number of hydrogen-bond acceptors (Lipinski definition) is 4. The molecule has 1 atom stereocenters. The van der Waals surface area contributed by atoms with Crippen LogP contribution < -0.4 is 9.62 Å². The van der Waals surface area contributed by atoms with Gasteiger partial charge in [-0.15, -0.1) is 0 Å². The number of anilines is 1. The lowest BCUT2D eigenvalue weighted by Crippen LogP contribution is -2.55. The largest absolute Gasteiger partial charge is 0.350 e. The smallest absolute Gasteiger partial charge is 0.264 e. The lowest BCUT2D eigenvalue weighted by molar-refractivity contribution is -0.139. The monoisotopic (exact) mass is 569 g/mol. The summed E-state index contributed by atoms with van der Waals surface area (Å²) in [5, 5.41) is 3.33. The second kappa shape index (κ2) is 12.7. The Kier molecular flexibility index (Phi) is 9.80. The van der Waals surface area contributed by atoms with Gasteiger partial charge in [-0.3, -0.25) is 13.9 Å². The molecule has 7 nitrogen and oxygen atoms in total. The first kappa shape index (κ1) is 30.2. The molecule has 0 heterocycles. The summed E-state index contributed by atoms with van der Waals surface area (Å²) in [6.45, 7) is 8.82. The predicted molar refractivity (Wildman–Crippen MR) is 156 cm³/mol. The number of benzene rings is 3. The first-order chi connectivity index (χ1) is 18.3. The maximum atomic E-state index is 13.9. The molecule has 0 spiro atoms. The summed E-state index contributed by atoms with van der Waals surface area (Å²) in [4.78, 5) is 28.5. The maximum Gasteiger partial charge on any atom is 0.264 e. The van der Waals surface area contributed by atoms with Crippen LogP contribution in [-0.2, 0) is 26.0 Å². The van der Waals surface area contributed by atoms with E-state index >= 15 is 0 Å². The van der Waals surface area contributed by atoms with E-state index < -0.39 is 34.1 Å². The molecule has 39 heavy (non-hydrogen) atoms. The van der Waals surface area contributed by atoms with Crippen molar-refractivity contribution in [2.75, 3.05) is 17.4 Å². The van der Waals surface area contributed by atoms with Gasteiger partial charge in [0.05, 0.1) is 10.6 Å². The van der Waals surface area contributed by atoms with E-state index in [9.17, 15) is 18.0 Å². The second-order valence-electron chi connectivity index (χ2n) is 10.5. The van der Waals surface area contributed by atoms with Crippen LogP contribution in [0.3, 0.4) is 0 Å². The first-order valence-corrected chi connectivity index (χ1v) is 14.6. The van der Waals surface area contributed by atoms with E-state index in [4.69, 9.17) is 11.6 Å². The number of carbonyl (C=O) groups is 2. The molecular weight excluding hydrogens is 534 g/mol. The molecule has 3 aromatic rings. The lowest BCUT2D eigenvalue weighted by atomic mass is 10.1. The van der Waals surface area contributed by atoms with Gasteiger partial charge in [0.25, 0.3) is 10.0 Å². The molecule has 0 aliphatic carbocycles. The standard InChI is InChI=1S/C30H36ClN3O4S/c1-22-11-9-10-14-27(22)34(39(37,38)26-17-15-25(31)16-18-26)21-28(35)33(20-19-24-12-7-6-8-13-24)23(2)29(36)32-30(3,4)5/h6-18,23H,19-21H2,1-5H3,(H,32,36)/t23-/m1/s1. The molecule has 2 amide bonds. The van der Waals surface area contributed by atoms with E-state index in [0.717, 1.165) is 9.87 Å². The van der Waals surface area contributed by atoms with Gasteiger partial charge in [-0.2, -0.15) is 0 Å². The van der Waals surface area contributed by atoms with Crippen LogP contribution in [0.15, 0.2) is 83.8 Å². The van der Waals surface area contributed by atoms with E-state index in [1.807, 2.05) is 51.1 Å². The van der Waals surface area contributed by atoms with Crippen molar-refractivity contribution in [1.29, 1.82) is 0 Å². The van der Waals surface area contributed by atoms with Gasteiger partial charge in [0.1, 0.15) is 12.6 Å². The van der Waals surface area contributed by atoms with Crippen molar-refractivity contribution >= 4 is 39.1 Å². The summed E-state index contributed by atoms with van der Waals surface area (Å²) < 4.78 is 28.8. The molecule has 0 aromatic heterocycles. The van der Waals surface area contributed by atoms with Crippen molar-refractivity contribution in [3.05, 3.63) is 95.0 Å². The molecule has 3 aromatic carbocycles. The zero-order chi connectivity index (χ0) is 28.8. The average molecular weight is 570 g/mol. The molecule has 208 valence electrons. The third-order valence-electron chi connectivity index (χ3n) is 6.21. The van der Waals surface area contributed by atoms with Crippen molar-refractivity contribution in [1.82, 2.24) is 10.2 Å². The Morgan fingerprint density at radius 1 is 0.923 bits per heavy atom. The fourth-order valence-corrected chi connectivity index (χ4v) is 5.74. The molecule has 0 saturated carbocycles. The van der Waals surface area contributed by atoms with E-state index in [1.54, 1.807) is 38.1 Å². The zero-order valence-electron chi connectivity index (χ0n) is 23.0. The summed E-state index contributed by atoms with van der Waals surface area (Å²) in [5.41, 5.74) is 1.58. The highest BCUT2D eigenvalue weighted by Crippen LogP contribution is 2.28. The number of nitrogens with one attached hydrogen (secondary N) is 1. The highest BCUT2D eigenvalue weighted by Gasteiger charge is 2.33. The molecule has 9 heteroatoms. The third kappa shape index (κ3) is 8.07. The molecule has 0 aliphatic rings. The molecule has 0 aliphatic heterocycles. The van der Waals surface area contributed by atoms with E-state index in [-0.39, 0.29) is 17.3 Å². The molecule has 3 rings (SSSR count). The average Bonchev–Trinajstić information content (AvgIpc) is 2.87. The minimum Gasteiger partial charge on any atom is -0.350 e. The van der Waals surface area contributed by atoms with Crippen LogP contribution >= 0.6 is 11.6 Å². The van der Waals surface area contributed by atoms with Gasteiger partial charge >= 0.3 is 0 Å². The summed E-state index contributed by atoms with van der Waals surface area (Å²) in [5.74, 6) is -0.796. The molecular formula is C30H36ClN3O4S. The van der Waals surface area contributed by atoms with E-state index in [1.165, 1.54) is 29.2 Å². The number of para-hydroxylation sites is 1. The summed E-state index contributed by atoms with van der Waals surface area (Å²) in [6, 6.07) is 21.6. The van der Waals surface area contributed by atoms with Gasteiger partial charge in [-0.05, 0) is 82.5 Å². The number of amides is 2. The maximum absolute atomic E-state index is 13.9. The Hall–Kier alpha value is -3.36. The Morgan fingerprint density at radius 3 is 2.10 bits per heavy atom. The zero-order valence-corrected chi connectivity index (χ0v) is 24.6. The third-order valence-corrected chi connectivity index (χ3v) is 8.24. The minimum absolute atomic E-state index is 0.0114. The van der Waals surface area contributed by atoms with Gasteiger partial charge in [0.2, 0.25) is 11.8 Å². The Balaban J connectivity index is 1.99. The summed E-state index contributed by atoms with van der Waals surface area (Å²) in [6.07, 6.45) is 0.508. The highest BCUT2D eigenvalue weighted by molar-refractivity contribution is 7.92. The van der Waals surface area contributed by atoms with Crippen molar-refractivity contribution < 1.29 is 18.0 Å². The first-order valence-electron chi connectivity index (χ1n) is 12.8. The Morgan fingerprint density at radius 2 is 1.51 bits per heavy atom. The van der Waals surface area contributed by atoms with Gasteiger partial charge in [0, 0.05) is 17.1 Å². The topological polar surface area (TPSA) is 86.8 Å². The number of hydrogen-bond donors (Lipinski definition) is 1. The van der Waals surface area contributed by atoms with Gasteiger partial charge in [-0.25, -0.2) is 8.42 Å². The molecule has 0 fully saturated rings. The van der Waals surface area contributed by atoms with Gasteiger partial charge in [0.15, 0.2) is 0 Å². The molecule has 1 N–H and O–H groups in total. The summed E-state index contributed by atoms with van der Waals surface area (Å²) in [7, 11) is -4.14. The molecule has 0 unspecified atom stereocenters. The van der Waals surface area contributed by atoms with Crippen LogP contribution in [0.2, 0.25) is 5.02 Å². The number of carbonyl (C=O) groups excluding carboxylic acids is 2. The number of halogens is 1. The van der Waals surface area contributed by atoms with Crippen LogP contribution in [0.4, 0.5) is 5.69 Å². The minimum atomic E-state index is -4.14. The Bertz CT molecular complexity index is 1390. The number of nitrogens with zero attached hydrogens (tertiary/aromatic N) is 2. The van der Waals surface area contributed by atoms with Crippen molar-refractivity contribution in [2.24, 2.45) is 0 Å². The second-order valence-corrected chi connectivity index (χ2v) is 12.8. The molecule has 0 saturated heterocycles. The van der Waals surface area contributed by atoms with Crippen LogP contribution in [0.1, 0.15) is 38.8 Å². The fraction of sp³-hybridized carbons (Fsp3) is 0.333. The van der Waals surface area contributed by atoms with E-state index in [2.05, 4.69) is 5.32 Å². The Labute approximate surface area is 236 Å². The van der Waals surface area contributed by atoms with E-state index in [0.29, 0.717) is 22.7 Å². The number of rotatable bonds is 10. The fourth-order valence-electron chi connectivity index (χ4n) is 4.13. The quantitative estimate of drug-likeness (QED) is 0.363. The van der Waals surface area contributed by atoms with Crippen LogP contribution in [-0.4, -0.2) is 49.8 Å². The van der Waals surface area contributed by atoms with Crippen LogP contribution in [0, 0.1) is 6.92 Å². The predicted octanol–water partition coefficient (Wildman–Crippen LogP) is 5.22. The lowest BCUT2D eigenvalue weighted by Gasteiger charge is -2.33. The van der Waals surface area contributed by atoms with Crippen molar-refractivity contribution in [3.63, 3.8) is 0 Å². The SMILES string of the molecule is Cc1ccccc1N(CC(=O)N(CCc1ccccc1)[C@H](C)C(=O)NC(C)(C)C)S(=O)(=O)c1ccc(Cl)cc1. The van der Waals surface area contributed by atoms with Gasteiger partial charge in [-0.1, -0.05) is 60.1 Å².